The van der Waals surface area contributed by atoms with Gasteiger partial charge in [0.05, 0.1) is 58.4 Å². The lowest BCUT2D eigenvalue weighted by Crippen LogP contribution is -2.61. The van der Waals surface area contributed by atoms with Crippen LogP contribution in [0, 0.1) is 23.7 Å². The van der Waals surface area contributed by atoms with Crippen LogP contribution in [0.3, 0.4) is 0 Å². The van der Waals surface area contributed by atoms with Crippen LogP contribution in [0.25, 0.3) is 0 Å². The van der Waals surface area contributed by atoms with Crippen molar-refractivity contribution in [1.29, 1.82) is 0 Å². The van der Waals surface area contributed by atoms with Gasteiger partial charge in [0, 0.05) is 68.4 Å². The molecule has 18 nitrogen and oxygen atoms in total. The number of aliphatic hydroxyl groups excluding tert-OH is 3. The predicted octanol–water partition coefficient (Wildman–Crippen LogP) is 4.03. The van der Waals surface area contributed by atoms with Crippen molar-refractivity contribution < 1.29 is 63.6 Å². The number of esters is 1. The lowest BCUT2D eigenvalue weighted by atomic mass is 9.73. The van der Waals surface area contributed by atoms with Crippen molar-refractivity contribution in [3.63, 3.8) is 0 Å². The van der Waals surface area contributed by atoms with Crippen LogP contribution >= 0.6 is 11.3 Å². The van der Waals surface area contributed by atoms with Crippen LogP contribution in [0.15, 0.2) is 16.7 Å². The van der Waals surface area contributed by atoms with Crippen LogP contribution in [-0.4, -0.2) is 185 Å². The summed E-state index contributed by atoms with van der Waals surface area (Å²) in [6.07, 6.45) is -2.15. The SMILES string of the molecule is CC[C@H]1OC(=O)[C@H](C)[C@@H](OC2CC(C)(OC)C(O)C(C)O2)[C@H](C)[C@@H](OC2OC(C)CC(N(C)C)C2O)[C@](C)(O)C[C@@H](C)C(=NOCCNCCCCCCNCCc2nccs2)[C@H](C)[C@@H](O)[C@]1(C)O. The third-order valence-corrected chi connectivity index (χ3v) is 15.7. The second-order valence-electron chi connectivity index (χ2n) is 21.0. The first-order chi connectivity index (χ1) is 32.5. The summed E-state index contributed by atoms with van der Waals surface area (Å²) < 4.78 is 38.0. The molecule has 19 heteroatoms. The van der Waals surface area contributed by atoms with E-state index >= 15 is 0 Å². The van der Waals surface area contributed by atoms with Gasteiger partial charge in [-0.25, -0.2) is 4.98 Å². The van der Waals surface area contributed by atoms with E-state index < -0.39 is 102 Å². The number of thiazole rings is 1. The number of aliphatic hydroxyl groups is 5. The number of oxime groups is 1. The highest BCUT2D eigenvalue weighted by molar-refractivity contribution is 7.09. The molecule has 69 heavy (non-hydrogen) atoms. The van der Waals surface area contributed by atoms with Crippen molar-refractivity contribution in [3.05, 3.63) is 16.6 Å². The zero-order valence-corrected chi connectivity index (χ0v) is 44.8. The van der Waals surface area contributed by atoms with E-state index in [4.69, 9.17) is 33.3 Å². The molecular formula is C50H91N5O13S. The van der Waals surface area contributed by atoms with Crippen molar-refractivity contribution in [3.8, 4) is 0 Å². The number of unbranched alkanes of at least 4 members (excludes halogenated alkanes) is 3. The minimum absolute atomic E-state index is 0.00610. The number of likely N-dealkylation sites (N-methyl/N-ethyl adjacent to an activating group) is 1. The summed E-state index contributed by atoms with van der Waals surface area (Å²) >= 11 is 1.69. The minimum atomic E-state index is -1.95. The maximum atomic E-state index is 14.5. The molecule has 18 atom stereocenters. The van der Waals surface area contributed by atoms with Crippen LogP contribution in [0.5, 0.6) is 0 Å². The molecule has 0 aromatic carbocycles. The van der Waals surface area contributed by atoms with Gasteiger partial charge in [-0.1, -0.05) is 45.7 Å². The monoisotopic (exact) mass is 1000 g/mol. The van der Waals surface area contributed by atoms with Gasteiger partial charge in [-0.3, -0.25) is 4.79 Å². The smallest absolute Gasteiger partial charge is 0.311 e. The zero-order valence-electron chi connectivity index (χ0n) is 44.0. The summed E-state index contributed by atoms with van der Waals surface area (Å²) in [5.41, 5.74) is -4.37. The quantitative estimate of drug-likeness (QED) is 0.0523. The Bertz CT molecular complexity index is 1680. The molecule has 0 aliphatic carbocycles. The highest BCUT2D eigenvalue weighted by Gasteiger charge is 2.53. The molecule has 400 valence electrons. The molecule has 8 unspecified atom stereocenters. The van der Waals surface area contributed by atoms with Crippen LogP contribution in [0.4, 0.5) is 0 Å². The Morgan fingerprint density at radius 3 is 2.17 bits per heavy atom. The van der Waals surface area contributed by atoms with Crippen molar-refractivity contribution in [2.24, 2.45) is 28.8 Å². The number of ether oxygens (including phenoxy) is 6. The van der Waals surface area contributed by atoms with Crippen molar-refractivity contribution in [2.45, 2.75) is 211 Å². The van der Waals surface area contributed by atoms with Crippen molar-refractivity contribution in [1.82, 2.24) is 20.5 Å². The first-order valence-electron chi connectivity index (χ1n) is 25.5. The highest BCUT2D eigenvalue weighted by atomic mass is 32.1. The van der Waals surface area contributed by atoms with E-state index in [1.165, 1.54) is 14.0 Å². The maximum Gasteiger partial charge on any atom is 0.311 e. The Balaban J connectivity index is 1.60. The van der Waals surface area contributed by atoms with Gasteiger partial charge in [0.2, 0.25) is 0 Å². The van der Waals surface area contributed by atoms with Crippen LogP contribution in [0.1, 0.15) is 126 Å². The summed E-state index contributed by atoms with van der Waals surface area (Å²) in [4.78, 5) is 26.7. The van der Waals surface area contributed by atoms with Gasteiger partial charge in [0.15, 0.2) is 12.6 Å². The van der Waals surface area contributed by atoms with Gasteiger partial charge >= 0.3 is 5.97 Å². The Labute approximate surface area is 416 Å². The molecule has 3 aliphatic heterocycles. The summed E-state index contributed by atoms with van der Waals surface area (Å²) in [7, 11) is 5.26. The Morgan fingerprint density at radius 1 is 0.899 bits per heavy atom. The van der Waals surface area contributed by atoms with E-state index in [0.717, 1.165) is 56.7 Å². The predicted molar refractivity (Wildman–Crippen MR) is 265 cm³/mol. The van der Waals surface area contributed by atoms with Gasteiger partial charge in [0.1, 0.15) is 30.5 Å². The third kappa shape index (κ3) is 16.3. The van der Waals surface area contributed by atoms with Crippen LogP contribution in [0.2, 0.25) is 0 Å². The third-order valence-electron chi connectivity index (χ3n) is 14.9. The molecule has 1 aromatic heterocycles. The number of carbonyl (C=O) groups excluding carboxylic acids is 1. The summed E-state index contributed by atoms with van der Waals surface area (Å²) in [5.74, 6) is -4.02. The Kier molecular flexibility index (Phi) is 23.6. The number of hydrogen-bond donors (Lipinski definition) is 7. The molecule has 0 bridgehead atoms. The van der Waals surface area contributed by atoms with Gasteiger partial charge in [-0.15, -0.1) is 11.3 Å². The number of rotatable bonds is 21. The fourth-order valence-electron chi connectivity index (χ4n) is 10.5. The summed E-state index contributed by atoms with van der Waals surface area (Å²) in [6.45, 7) is 20.8. The molecule has 3 aliphatic rings. The van der Waals surface area contributed by atoms with Crippen LogP contribution < -0.4 is 10.6 Å². The molecule has 0 radical (unpaired) electrons. The van der Waals surface area contributed by atoms with E-state index in [1.54, 1.807) is 59.8 Å². The van der Waals surface area contributed by atoms with E-state index in [1.807, 2.05) is 44.4 Å². The van der Waals surface area contributed by atoms with E-state index in [-0.39, 0.29) is 38.0 Å². The average Bonchev–Trinajstić information content (AvgIpc) is 3.82. The minimum Gasteiger partial charge on any atom is -0.459 e. The van der Waals surface area contributed by atoms with Gasteiger partial charge in [-0.2, -0.15) is 0 Å². The van der Waals surface area contributed by atoms with Gasteiger partial charge in [0.25, 0.3) is 0 Å². The molecule has 7 N–H and O–H groups in total. The molecule has 0 amide bonds. The molecule has 0 spiro atoms. The number of cyclic esters (lactones) is 1. The number of nitrogens with zero attached hydrogens (tertiary/aromatic N) is 3. The number of hydrogen-bond acceptors (Lipinski definition) is 19. The lowest BCUT2D eigenvalue weighted by molar-refractivity contribution is -0.317. The topological polar surface area (TPSA) is 235 Å². The first kappa shape index (κ1) is 59.6. The number of carbonyl (C=O) groups is 1. The number of nitrogens with one attached hydrogen (secondary N) is 2. The Morgan fingerprint density at radius 2 is 1.57 bits per heavy atom. The van der Waals surface area contributed by atoms with E-state index in [0.29, 0.717) is 18.7 Å². The number of methoxy groups -OCH3 is 1. The molecule has 3 fully saturated rings. The van der Waals surface area contributed by atoms with Crippen molar-refractivity contribution >= 4 is 23.0 Å². The molecule has 3 saturated heterocycles. The normalized spacial score (nSPS) is 40.4. The largest absolute Gasteiger partial charge is 0.459 e. The summed E-state index contributed by atoms with van der Waals surface area (Å²) in [5, 5.41) is 74.6. The fourth-order valence-corrected chi connectivity index (χ4v) is 11.1. The maximum absolute atomic E-state index is 14.5. The molecule has 4 rings (SSSR count). The first-order valence-corrected chi connectivity index (χ1v) is 26.4. The molecule has 1 aromatic rings. The average molecular weight is 1000 g/mol. The molecular weight excluding hydrogens is 911 g/mol. The van der Waals surface area contributed by atoms with Crippen LogP contribution in [-0.2, 0) is 44.5 Å². The molecule has 0 saturated carbocycles. The Hall–Kier alpha value is -1.95. The lowest BCUT2D eigenvalue weighted by Gasteiger charge is -2.49. The zero-order chi connectivity index (χ0) is 51.3. The standard InChI is InChI=1S/C50H91N5O13S/c1-14-37-50(10,61)43(57)32(4)40(54-63-25-23-52-21-18-16-15-17-20-51-22-19-38-53-24-26-69-38)30(2)28-48(8,60)45(68-47-41(56)36(55(11)12)27-31(3)64-47)33(5)42(34(6)46(59)66-37)67-39-29-49(9,62-13)44(58)35(7)65-39/h24,26,30-37,39,41-45,47,51-52,56-58,60-61H,14-23,25,27-29H2,1-13H3/t30-,31?,32+,33+,34-,35?,36?,37-,39?,41?,42+,43-,44?,45-,47?,48-,49?,50-/m1/s1. The van der Waals surface area contributed by atoms with Gasteiger partial charge < -0.3 is 74.3 Å². The number of aromatic nitrogens is 1. The van der Waals surface area contributed by atoms with Gasteiger partial charge in [-0.05, 0) is 101 Å². The summed E-state index contributed by atoms with van der Waals surface area (Å²) in [6, 6.07) is -0.322. The second kappa shape index (κ2) is 27.4. The van der Waals surface area contributed by atoms with Crippen molar-refractivity contribution in [2.75, 3.05) is 54.0 Å². The highest BCUT2D eigenvalue weighted by Crippen LogP contribution is 2.41. The second-order valence-corrected chi connectivity index (χ2v) is 22.0. The van der Waals surface area contributed by atoms with E-state index in [9.17, 15) is 30.3 Å². The van der Waals surface area contributed by atoms with E-state index in [2.05, 4.69) is 20.8 Å². The fraction of sp³-hybridized carbons (Fsp3) is 0.900. The molecule has 4 heterocycles.